The molecule has 1 amide bonds. The van der Waals surface area contributed by atoms with E-state index in [4.69, 9.17) is 0 Å². The zero-order valence-corrected chi connectivity index (χ0v) is 10.6. The first-order valence-corrected chi connectivity index (χ1v) is 5.73. The Labute approximate surface area is 106 Å². The SMILES string of the molecule is CC(C(=O)Nc1ncccc1Br)n1cncn1. The van der Waals surface area contributed by atoms with E-state index in [0.29, 0.717) is 5.82 Å². The zero-order valence-electron chi connectivity index (χ0n) is 9.04. The number of pyridine rings is 1. The molecule has 17 heavy (non-hydrogen) atoms. The summed E-state index contributed by atoms with van der Waals surface area (Å²) in [5.41, 5.74) is 0. The van der Waals surface area contributed by atoms with Crippen molar-refractivity contribution >= 4 is 27.7 Å². The molecule has 6 nitrogen and oxygen atoms in total. The Hall–Kier alpha value is -1.76. The fourth-order valence-electron chi connectivity index (χ4n) is 1.24. The summed E-state index contributed by atoms with van der Waals surface area (Å²) in [4.78, 5) is 19.8. The van der Waals surface area contributed by atoms with Crippen molar-refractivity contribution in [2.75, 3.05) is 5.32 Å². The first kappa shape index (κ1) is 11.7. The van der Waals surface area contributed by atoms with Crippen molar-refractivity contribution in [3.05, 3.63) is 35.5 Å². The van der Waals surface area contributed by atoms with Gasteiger partial charge in [-0.1, -0.05) is 0 Å². The highest BCUT2D eigenvalue weighted by Crippen LogP contribution is 2.19. The predicted octanol–water partition coefficient (Wildman–Crippen LogP) is 1.64. The minimum Gasteiger partial charge on any atom is -0.308 e. The number of hydrogen-bond acceptors (Lipinski definition) is 4. The average molecular weight is 296 g/mol. The van der Waals surface area contributed by atoms with Crippen molar-refractivity contribution in [1.82, 2.24) is 19.7 Å². The number of amides is 1. The molecule has 2 heterocycles. The Kier molecular flexibility index (Phi) is 3.48. The summed E-state index contributed by atoms with van der Waals surface area (Å²) < 4.78 is 2.21. The quantitative estimate of drug-likeness (QED) is 0.934. The topological polar surface area (TPSA) is 72.7 Å². The van der Waals surface area contributed by atoms with Gasteiger partial charge >= 0.3 is 0 Å². The normalized spacial score (nSPS) is 12.1. The minimum absolute atomic E-state index is 0.199. The molecule has 1 atom stereocenters. The van der Waals surface area contributed by atoms with Crippen LogP contribution < -0.4 is 5.32 Å². The van der Waals surface area contributed by atoms with Gasteiger partial charge in [0.25, 0.3) is 0 Å². The number of nitrogens with one attached hydrogen (secondary N) is 1. The maximum atomic E-state index is 11.9. The summed E-state index contributed by atoms with van der Waals surface area (Å²) in [7, 11) is 0. The fraction of sp³-hybridized carbons (Fsp3) is 0.200. The minimum atomic E-state index is -0.439. The van der Waals surface area contributed by atoms with E-state index in [0.717, 1.165) is 4.47 Å². The third-order valence-electron chi connectivity index (χ3n) is 2.21. The van der Waals surface area contributed by atoms with Gasteiger partial charge in [0, 0.05) is 6.20 Å². The first-order chi connectivity index (χ1) is 8.18. The highest BCUT2D eigenvalue weighted by molar-refractivity contribution is 9.10. The van der Waals surface area contributed by atoms with Gasteiger partial charge in [0.1, 0.15) is 24.5 Å². The largest absolute Gasteiger partial charge is 0.308 e. The van der Waals surface area contributed by atoms with E-state index in [2.05, 4.69) is 36.3 Å². The van der Waals surface area contributed by atoms with E-state index in [-0.39, 0.29) is 5.91 Å². The molecule has 0 bridgehead atoms. The molecule has 88 valence electrons. The van der Waals surface area contributed by atoms with Crippen LogP contribution >= 0.6 is 15.9 Å². The number of carbonyl (C=O) groups is 1. The van der Waals surface area contributed by atoms with E-state index in [1.807, 2.05) is 6.07 Å². The molecule has 0 aliphatic heterocycles. The molecule has 0 fully saturated rings. The second-order valence-corrected chi connectivity index (χ2v) is 4.23. The van der Waals surface area contributed by atoms with E-state index in [9.17, 15) is 4.79 Å². The second kappa shape index (κ2) is 5.05. The summed E-state index contributed by atoms with van der Waals surface area (Å²) in [6.45, 7) is 1.74. The van der Waals surface area contributed by atoms with Crippen molar-refractivity contribution in [2.24, 2.45) is 0 Å². The predicted molar refractivity (Wildman–Crippen MR) is 65.3 cm³/mol. The van der Waals surface area contributed by atoms with E-state index < -0.39 is 6.04 Å². The van der Waals surface area contributed by atoms with Crippen LogP contribution in [-0.4, -0.2) is 25.7 Å². The van der Waals surface area contributed by atoms with Crippen LogP contribution in [0.3, 0.4) is 0 Å². The molecule has 0 saturated heterocycles. The number of carbonyl (C=O) groups excluding carboxylic acids is 1. The highest BCUT2D eigenvalue weighted by Gasteiger charge is 2.16. The fourth-order valence-corrected chi connectivity index (χ4v) is 1.59. The summed E-state index contributed by atoms with van der Waals surface area (Å²) in [6.07, 6.45) is 4.50. The van der Waals surface area contributed by atoms with Gasteiger partial charge in [-0.3, -0.25) is 4.79 Å². The molecule has 7 heteroatoms. The lowest BCUT2D eigenvalue weighted by molar-refractivity contribution is -0.119. The Morgan fingerprint density at radius 1 is 1.59 bits per heavy atom. The Bertz CT molecular complexity index is 513. The van der Waals surface area contributed by atoms with Gasteiger partial charge < -0.3 is 5.32 Å². The monoisotopic (exact) mass is 295 g/mol. The average Bonchev–Trinajstić information content (AvgIpc) is 2.84. The van der Waals surface area contributed by atoms with Gasteiger partial charge in [-0.2, -0.15) is 5.10 Å². The molecule has 2 aromatic heterocycles. The molecular weight excluding hydrogens is 286 g/mol. The molecule has 0 radical (unpaired) electrons. The maximum Gasteiger partial charge on any atom is 0.250 e. The lowest BCUT2D eigenvalue weighted by Crippen LogP contribution is -2.24. The molecule has 0 aromatic carbocycles. The molecule has 1 N–H and O–H groups in total. The molecule has 0 aliphatic rings. The van der Waals surface area contributed by atoms with Gasteiger partial charge in [-0.15, -0.1) is 0 Å². The van der Waals surface area contributed by atoms with Crippen LogP contribution in [0.2, 0.25) is 0 Å². The third-order valence-corrected chi connectivity index (χ3v) is 2.85. The Balaban J connectivity index is 2.10. The molecule has 0 spiro atoms. The van der Waals surface area contributed by atoms with Crippen LogP contribution in [0.4, 0.5) is 5.82 Å². The standard InChI is InChI=1S/C10H10BrN5O/c1-7(16-6-12-5-14-16)10(17)15-9-8(11)3-2-4-13-9/h2-7H,1H3,(H,13,15,17). The molecule has 2 aromatic rings. The van der Waals surface area contributed by atoms with E-state index in [1.54, 1.807) is 19.2 Å². The van der Waals surface area contributed by atoms with Gasteiger partial charge in [-0.25, -0.2) is 14.6 Å². The van der Waals surface area contributed by atoms with Gasteiger partial charge in [0.05, 0.1) is 4.47 Å². The summed E-state index contributed by atoms with van der Waals surface area (Å²) in [6, 6.07) is 3.15. The van der Waals surface area contributed by atoms with Gasteiger partial charge in [-0.05, 0) is 35.0 Å². The molecule has 0 aliphatic carbocycles. The summed E-state index contributed by atoms with van der Waals surface area (Å²) in [5.74, 6) is 0.291. The first-order valence-electron chi connectivity index (χ1n) is 4.94. The third kappa shape index (κ3) is 2.68. The van der Waals surface area contributed by atoms with Crippen LogP contribution in [-0.2, 0) is 4.79 Å². The summed E-state index contributed by atoms with van der Waals surface area (Å²) >= 11 is 3.31. The van der Waals surface area contributed by atoms with Crippen molar-refractivity contribution in [3.63, 3.8) is 0 Å². The van der Waals surface area contributed by atoms with Crippen LogP contribution in [0.1, 0.15) is 13.0 Å². The molecule has 2 rings (SSSR count). The molecular formula is C10H10BrN5O. The van der Waals surface area contributed by atoms with Crippen molar-refractivity contribution in [1.29, 1.82) is 0 Å². The van der Waals surface area contributed by atoms with E-state index in [1.165, 1.54) is 17.3 Å². The van der Waals surface area contributed by atoms with Crippen LogP contribution in [0, 0.1) is 0 Å². The van der Waals surface area contributed by atoms with Gasteiger partial charge in [0.15, 0.2) is 0 Å². The number of halogens is 1. The van der Waals surface area contributed by atoms with Crippen molar-refractivity contribution < 1.29 is 4.79 Å². The van der Waals surface area contributed by atoms with Crippen LogP contribution in [0.15, 0.2) is 35.5 Å². The highest BCUT2D eigenvalue weighted by atomic mass is 79.9. The lowest BCUT2D eigenvalue weighted by atomic mass is 10.3. The zero-order chi connectivity index (χ0) is 12.3. The van der Waals surface area contributed by atoms with Crippen LogP contribution in [0.25, 0.3) is 0 Å². The summed E-state index contributed by atoms with van der Waals surface area (Å²) in [5, 5.41) is 6.63. The maximum absolute atomic E-state index is 11.9. The number of rotatable bonds is 3. The molecule has 1 unspecified atom stereocenters. The number of nitrogens with zero attached hydrogens (tertiary/aromatic N) is 4. The lowest BCUT2D eigenvalue weighted by Gasteiger charge is -2.12. The van der Waals surface area contributed by atoms with E-state index >= 15 is 0 Å². The van der Waals surface area contributed by atoms with Crippen molar-refractivity contribution in [3.8, 4) is 0 Å². The van der Waals surface area contributed by atoms with Crippen molar-refractivity contribution in [2.45, 2.75) is 13.0 Å². The Morgan fingerprint density at radius 2 is 2.41 bits per heavy atom. The smallest absolute Gasteiger partial charge is 0.250 e. The second-order valence-electron chi connectivity index (χ2n) is 3.37. The number of aromatic nitrogens is 4. The molecule has 0 saturated carbocycles. The number of anilines is 1. The number of hydrogen-bond donors (Lipinski definition) is 1. The Morgan fingerprint density at radius 3 is 3.06 bits per heavy atom. The van der Waals surface area contributed by atoms with Crippen LogP contribution in [0.5, 0.6) is 0 Å². The van der Waals surface area contributed by atoms with Gasteiger partial charge in [0.2, 0.25) is 5.91 Å².